The minimum absolute atomic E-state index is 0.0151. The second-order valence-electron chi connectivity index (χ2n) is 11.0. The van der Waals surface area contributed by atoms with Crippen molar-refractivity contribution in [3.8, 4) is 11.1 Å². The molecule has 43 heavy (non-hydrogen) atoms. The molecule has 0 spiro atoms. The molecule has 1 aliphatic heterocycles. The topological polar surface area (TPSA) is 46.5 Å². The SMILES string of the molecule is C=C/C(=C\N=C(/N)N1c2ccccc2-c2ccccc2C2C=CC=CC21)n1c2ccccc2c2c3ccccc3ccc21. The fraction of sp³-hybridized carbons (Fsp3) is 0.0513. The number of aliphatic imine (C=N–C) groups is 1. The minimum Gasteiger partial charge on any atom is -0.369 e. The molecule has 1 aromatic heterocycles. The summed E-state index contributed by atoms with van der Waals surface area (Å²) in [5, 5.41) is 4.86. The van der Waals surface area contributed by atoms with Crippen LogP contribution in [0.5, 0.6) is 0 Å². The Morgan fingerprint density at radius 2 is 1.44 bits per heavy atom. The first kappa shape index (κ1) is 25.1. The van der Waals surface area contributed by atoms with Gasteiger partial charge in [-0.3, -0.25) is 0 Å². The quantitative estimate of drug-likeness (QED) is 0.135. The fourth-order valence-corrected chi connectivity index (χ4v) is 6.92. The van der Waals surface area contributed by atoms with E-state index in [2.05, 4.69) is 150 Å². The van der Waals surface area contributed by atoms with Gasteiger partial charge in [0.05, 0.1) is 34.7 Å². The van der Waals surface area contributed by atoms with Gasteiger partial charge >= 0.3 is 0 Å². The maximum Gasteiger partial charge on any atom is 0.201 e. The molecule has 4 heteroatoms. The predicted octanol–water partition coefficient (Wildman–Crippen LogP) is 9.01. The van der Waals surface area contributed by atoms with Crippen LogP contribution in [0.25, 0.3) is 49.4 Å². The van der Waals surface area contributed by atoms with Gasteiger partial charge in [-0.1, -0.05) is 122 Å². The maximum atomic E-state index is 6.96. The Kier molecular flexibility index (Phi) is 5.86. The van der Waals surface area contributed by atoms with Crippen LogP contribution in [0.1, 0.15) is 11.5 Å². The molecular formula is C39H30N4. The molecule has 4 nitrogen and oxygen atoms in total. The summed E-state index contributed by atoms with van der Waals surface area (Å²) in [7, 11) is 0. The highest BCUT2D eigenvalue weighted by Gasteiger charge is 2.35. The van der Waals surface area contributed by atoms with E-state index in [1.165, 1.54) is 32.7 Å². The van der Waals surface area contributed by atoms with Crippen LogP contribution in [-0.2, 0) is 0 Å². The van der Waals surface area contributed by atoms with Crippen LogP contribution in [0, 0.1) is 0 Å². The number of fused-ring (bicyclic) bond motifs is 10. The lowest BCUT2D eigenvalue weighted by Crippen LogP contribution is -2.46. The van der Waals surface area contributed by atoms with Crippen LogP contribution in [0.3, 0.4) is 0 Å². The number of guanidine groups is 1. The predicted molar refractivity (Wildman–Crippen MR) is 182 cm³/mol. The molecule has 0 radical (unpaired) electrons. The molecule has 2 N–H and O–H groups in total. The van der Waals surface area contributed by atoms with Gasteiger partial charge in [-0.15, -0.1) is 0 Å². The van der Waals surface area contributed by atoms with Crippen molar-refractivity contribution in [2.45, 2.75) is 12.0 Å². The summed E-state index contributed by atoms with van der Waals surface area (Å²) in [6.45, 7) is 4.19. The van der Waals surface area contributed by atoms with Gasteiger partial charge < -0.3 is 15.2 Å². The molecule has 5 aromatic carbocycles. The van der Waals surface area contributed by atoms with E-state index in [-0.39, 0.29) is 12.0 Å². The Balaban J connectivity index is 1.31. The van der Waals surface area contributed by atoms with Crippen molar-refractivity contribution in [3.63, 3.8) is 0 Å². The number of aromatic nitrogens is 1. The van der Waals surface area contributed by atoms with E-state index in [1.807, 2.05) is 12.3 Å². The zero-order valence-electron chi connectivity index (χ0n) is 23.6. The lowest BCUT2D eigenvalue weighted by Gasteiger charge is -2.35. The average molecular weight is 555 g/mol. The van der Waals surface area contributed by atoms with Crippen molar-refractivity contribution in [1.82, 2.24) is 4.57 Å². The first-order valence-electron chi connectivity index (χ1n) is 14.6. The highest BCUT2D eigenvalue weighted by atomic mass is 15.3. The summed E-state index contributed by atoms with van der Waals surface area (Å²) in [5.41, 5.74) is 14.7. The van der Waals surface area contributed by atoms with Crippen LogP contribution in [0.15, 0.2) is 157 Å². The van der Waals surface area contributed by atoms with Crippen molar-refractivity contribution in [1.29, 1.82) is 0 Å². The maximum absolute atomic E-state index is 6.96. The number of hydrogen-bond donors (Lipinski definition) is 1. The van der Waals surface area contributed by atoms with Gasteiger partial charge in [-0.25, -0.2) is 4.99 Å². The number of nitrogens with two attached hydrogens (primary N) is 1. The van der Waals surface area contributed by atoms with Crippen LogP contribution >= 0.6 is 0 Å². The fourth-order valence-electron chi connectivity index (χ4n) is 6.92. The number of para-hydroxylation sites is 2. The highest BCUT2D eigenvalue weighted by molar-refractivity contribution is 6.21. The van der Waals surface area contributed by atoms with Gasteiger partial charge in [-0.05, 0) is 46.2 Å². The van der Waals surface area contributed by atoms with Gasteiger partial charge in [0, 0.05) is 22.3 Å². The smallest absolute Gasteiger partial charge is 0.201 e. The summed E-state index contributed by atoms with van der Waals surface area (Å²) in [4.78, 5) is 7.13. The van der Waals surface area contributed by atoms with Gasteiger partial charge in [0.2, 0.25) is 5.96 Å². The lowest BCUT2D eigenvalue weighted by atomic mass is 9.85. The highest BCUT2D eigenvalue weighted by Crippen LogP contribution is 2.45. The number of hydrogen-bond acceptors (Lipinski definition) is 1. The van der Waals surface area contributed by atoms with Gasteiger partial charge in [0.25, 0.3) is 0 Å². The third-order valence-corrected chi connectivity index (χ3v) is 8.78. The van der Waals surface area contributed by atoms with E-state index in [1.54, 1.807) is 0 Å². The van der Waals surface area contributed by atoms with E-state index < -0.39 is 0 Å². The molecule has 2 heterocycles. The van der Waals surface area contributed by atoms with E-state index >= 15 is 0 Å². The van der Waals surface area contributed by atoms with Crippen LogP contribution < -0.4 is 10.6 Å². The van der Waals surface area contributed by atoms with Crippen molar-refractivity contribution in [3.05, 3.63) is 158 Å². The Labute approximate surface area is 250 Å². The Hall–Kier alpha value is -5.61. The molecule has 0 bridgehead atoms. The molecule has 1 aliphatic carbocycles. The lowest BCUT2D eigenvalue weighted by molar-refractivity contribution is 0.706. The number of benzene rings is 5. The zero-order chi connectivity index (χ0) is 28.9. The van der Waals surface area contributed by atoms with E-state index in [4.69, 9.17) is 10.7 Å². The average Bonchev–Trinajstić information content (AvgIpc) is 3.34. The number of anilines is 1. The summed E-state index contributed by atoms with van der Waals surface area (Å²) in [6, 6.07) is 38.5. The summed E-state index contributed by atoms with van der Waals surface area (Å²) < 4.78 is 2.24. The van der Waals surface area contributed by atoms with Crippen molar-refractivity contribution in [2.75, 3.05) is 4.90 Å². The molecule has 2 unspecified atom stereocenters. The standard InChI is InChI=1S/C39H30N4/c1-2-27(42-36-22-12-9-19-33(36)38-28-14-4-3-13-26(28)23-24-37(38)42)25-41-39(40)43-34-20-10-7-17-31(34)29-15-5-6-16-30(29)32-18-8-11-21-35(32)43/h2-25,31,34H,1H2,(H2,40,41)/b27-25+. The Morgan fingerprint density at radius 3 is 2.33 bits per heavy atom. The van der Waals surface area contributed by atoms with Crippen molar-refractivity contribution in [2.24, 2.45) is 10.7 Å². The van der Waals surface area contributed by atoms with E-state index in [9.17, 15) is 0 Å². The van der Waals surface area contributed by atoms with Gasteiger partial charge in [0.1, 0.15) is 0 Å². The molecule has 0 saturated carbocycles. The summed E-state index contributed by atoms with van der Waals surface area (Å²) >= 11 is 0. The van der Waals surface area contributed by atoms with Crippen LogP contribution in [-0.4, -0.2) is 16.6 Å². The summed E-state index contributed by atoms with van der Waals surface area (Å²) in [5.74, 6) is 0.566. The largest absolute Gasteiger partial charge is 0.369 e. The molecule has 8 rings (SSSR count). The third kappa shape index (κ3) is 3.87. The monoisotopic (exact) mass is 554 g/mol. The third-order valence-electron chi connectivity index (χ3n) is 8.78. The number of allylic oxidation sites excluding steroid dienone is 4. The summed E-state index contributed by atoms with van der Waals surface area (Å²) in [6.07, 6.45) is 12.4. The molecule has 2 aliphatic rings. The van der Waals surface area contributed by atoms with E-state index in [0.717, 1.165) is 28.0 Å². The molecule has 206 valence electrons. The van der Waals surface area contributed by atoms with Crippen LogP contribution in [0.2, 0.25) is 0 Å². The molecule has 0 amide bonds. The first-order valence-corrected chi connectivity index (χ1v) is 14.6. The normalized spacial score (nSPS) is 18.0. The minimum atomic E-state index is -0.0151. The second kappa shape index (κ2) is 10.0. The number of nitrogens with zero attached hydrogens (tertiary/aromatic N) is 3. The van der Waals surface area contributed by atoms with Crippen LogP contribution in [0.4, 0.5) is 5.69 Å². The Morgan fingerprint density at radius 1 is 0.721 bits per heavy atom. The molecule has 2 atom stereocenters. The molecule has 6 aromatic rings. The zero-order valence-corrected chi connectivity index (χ0v) is 23.6. The van der Waals surface area contributed by atoms with E-state index in [0.29, 0.717) is 5.96 Å². The molecule has 0 saturated heterocycles. The second-order valence-corrected chi connectivity index (χ2v) is 11.0. The van der Waals surface area contributed by atoms with Crippen molar-refractivity contribution < 1.29 is 0 Å². The molecular weight excluding hydrogens is 524 g/mol. The molecule has 0 fully saturated rings. The van der Waals surface area contributed by atoms with Gasteiger partial charge in [-0.2, -0.15) is 0 Å². The Bertz CT molecular complexity index is 2190. The number of rotatable bonds is 3. The first-order chi connectivity index (χ1) is 21.2. The van der Waals surface area contributed by atoms with Gasteiger partial charge in [0.15, 0.2) is 0 Å². The van der Waals surface area contributed by atoms with Crippen molar-refractivity contribution >= 4 is 49.9 Å².